The average Bonchev–Trinajstić information content (AvgIpc) is 2.44. The van der Waals surface area contributed by atoms with Crippen LogP contribution in [0.3, 0.4) is 0 Å². The van der Waals surface area contributed by atoms with Gasteiger partial charge in [0.2, 0.25) is 5.91 Å². The molecule has 0 heterocycles. The maximum atomic E-state index is 13.5. The molecule has 0 radical (unpaired) electrons. The Morgan fingerprint density at radius 2 is 2.10 bits per heavy atom. The van der Waals surface area contributed by atoms with E-state index in [-0.39, 0.29) is 11.6 Å². The molecular weight excluding hydrogens is 275 g/mol. The third-order valence-electron chi connectivity index (χ3n) is 3.50. The number of nitrogen functional groups attached to an aromatic ring is 1. The predicted octanol–water partition coefficient (Wildman–Crippen LogP) is 3.80. The second kappa shape index (κ2) is 7.53. The number of halogens is 1. The largest absolute Gasteiger partial charge is 0.399 e. The van der Waals surface area contributed by atoms with E-state index in [1.165, 1.54) is 50.3 Å². The lowest BCUT2D eigenvalue weighted by Crippen LogP contribution is -2.15. The molecule has 1 aromatic rings. The van der Waals surface area contributed by atoms with Crippen LogP contribution in [0.25, 0.3) is 0 Å². The molecule has 0 atom stereocenters. The van der Waals surface area contributed by atoms with E-state index in [2.05, 4.69) is 5.32 Å². The van der Waals surface area contributed by atoms with Crippen LogP contribution in [0.4, 0.5) is 15.8 Å². The van der Waals surface area contributed by atoms with Gasteiger partial charge < -0.3 is 11.1 Å². The van der Waals surface area contributed by atoms with Crippen molar-refractivity contribution in [3.05, 3.63) is 24.0 Å². The number of nitrogens with one attached hydrogen (secondary N) is 1. The van der Waals surface area contributed by atoms with E-state index in [1.807, 2.05) is 11.8 Å². The first-order chi connectivity index (χ1) is 9.65. The number of carbonyl (C=O) groups is 1. The summed E-state index contributed by atoms with van der Waals surface area (Å²) in [5, 5.41) is 3.28. The van der Waals surface area contributed by atoms with Crippen LogP contribution in [0.2, 0.25) is 0 Å². The summed E-state index contributed by atoms with van der Waals surface area (Å²) < 4.78 is 13.5. The summed E-state index contributed by atoms with van der Waals surface area (Å²) in [7, 11) is 0. The van der Waals surface area contributed by atoms with Gasteiger partial charge in [0.25, 0.3) is 0 Å². The first-order valence-corrected chi connectivity index (χ1v) is 8.16. The summed E-state index contributed by atoms with van der Waals surface area (Å²) in [6, 6.07) is 4.19. The van der Waals surface area contributed by atoms with Crippen molar-refractivity contribution in [2.24, 2.45) is 0 Å². The zero-order valence-electron chi connectivity index (χ0n) is 11.5. The molecule has 0 saturated heterocycles. The Hall–Kier alpha value is -1.23. The van der Waals surface area contributed by atoms with Crippen molar-refractivity contribution in [3.63, 3.8) is 0 Å². The van der Waals surface area contributed by atoms with Crippen molar-refractivity contribution >= 4 is 29.0 Å². The number of thioether (sulfide) groups is 1. The minimum absolute atomic E-state index is 0.155. The van der Waals surface area contributed by atoms with Gasteiger partial charge in [0.15, 0.2) is 0 Å². The van der Waals surface area contributed by atoms with E-state index >= 15 is 0 Å². The normalized spacial score (nSPS) is 16.1. The van der Waals surface area contributed by atoms with Gasteiger partial charge in [-0.15, -0.1) is 0 Å². The summed E-state index contributed by atoms with van der Waals surface area (Å²) >= 11 is 1.86. The standard InChI is InChI=1S/C15H21FN2OS/c16-13-7-6-11(17)10-14(13)18-15(19)8-9-20-12-4-2-1-3-5-12/h6-7,10,12H,1-5,8-9,17H2,(H,18,19). The molecule has 0 spiro atoms. The summed E-state index contributed by atoms with van der Waals surface area (Å²) in [5.74, 6) is 0.186. The number of rotatable bonds is 5. The first kappa shape index (κ1) is 15.2. The van der Waals surface area contributed by atoms with Gasteiger partial charge in [-0.2, -0.15) is 11.8 Å². The molecule has 20 heavy (non-hydrogen) atoms. The summed E-state index contributed by atoms with van der Waals surface area (Å²) in [4.78, 5) is 11.8. The van der Waals surface area contributed by atoms with Crippen LogP contribution in [-0.4, -0.2) is 16.9 Å². The monoisotopic (exact) mass is 296 g/mol. The van der Waals surface area contributed by atoms with Crippen molar-refractivity contribution in [1.82, 2.24) is 0 Å². The number of benzene rings is 1. The van der Waals surface area contributed by atoms with Gasteiger partial charge in [0, 0.05) is 23.1 Å². The number of hydrogen-bond donors (Lipinski definition) is 2. The zero-order valence-corrected chi connectivity index (χ0v) is 12.3. The van der Waals surface area contributed by atoms with Gasteiger partial charge >= 0.3 is 0 Å². The van der Waals surface area contributed by atoms with Gasteiger partial charge in [-0.3, -0.25) is 4.79 Å². The molecule has 0 aromatic heterocycles. The van der Waals surface area contributed by atoms with E-state index < -0.39 is 5.82 Å². The van der Waals surface area contributed by atoms with Crippen LogP contribution in [0.5, 0.6) is 0 Å². The molecule has 3 N–H and O–H groups in total. The van der Waals surface area contributed by atoms with Crippen LogP contribution in [0.15, 0.2) is 18.2 Å². The second-order valence-corrected chi connectivity index (χ2v) is 6.58. The third-order valence-corrected chi connectivity index (χ3v) is 4.88. The van der Waals surface area contributed by atoms with Crippen LogP contribution in [0, 0.1) is 5.82 Å². The summed E-state index contributed by atoms with van der Waals surface area (Å²) in [6.45, 7) is 0. The average molecular weight is 296 g/mol. The van der Waals surface area contributed by atoms with Crippen molar-refractivity contribution in [2.45, 2.75) is 43.8 Å². The van der Waals surface area contributed by atoms with Crippen LogP contribution < -0.4 is 11.1 Å². The van der Waals surface area contributed by atoms with E-state index in [0.717, 1.165) is 5.75 Å². The molecule has 3 nitrogen and oxygen atoms in total. The van der Waals surface area contributed by atoms with Gasteiger partial charge in [0.1, 0.15) is 5.82 Å². The highest BCUT2D eigenvalue weighted by Crippen LogP contribution is 2.28. The lowest BCUT2D eigenvalue weighted by atomic mass is 10.0. The molecule has 1 aromatic carbocycles. The fraction of sp³-hybridized carbons (Fsp3) is 0.533. The maximum Gasteiger partial charge on any atom is 0.225 e. The molecule has 0 unspecified atom stereocenters. The van der Waals surface area contributed by atoms with Crippen molar-refractivity contribution in [1.29, 1.82) is 0 Å². The molecular formula is C15H21FN2OS. The van der Waals surface area contributed by atoms with Gasteiger partial charge in [0.05, 0.1) is 5.69 Å². The lowest BCUT2D eigenvalue weighted by Gasteiger charge is -2.20. The molecule has 0 bridgehead atoms. The zero-order chi connectivity index (χ0) is 14.4. The predicted molar refractivity (Wildman–Crippen MR) is 83.4 cm³/mol. The Bertz CT molecular complexity index is 461. The SMILES string of the molecule is Nc1ccc(F)c(NC(=O)CCSC2CCCCC2)c1. The lowest BCUT2D eigenvalue weighted by molar-refractivity contribution is -0.115. The summed E-state index contributed by atoms with van der Waals surface area (Å²) in [5.41, 5.74) is 6.19. The van der Waals surface area contributed by atoms with E-state index in [9.17, 15) is 9.18 Å². The number of anilines is 2. The molecule has 1 aliphatic carbocycles. The fourth-order valence-corrected chi connectivity index (χ4v) is 3.70. The Morgan fingerprint density at radius 1 is 1.35 bits per heavy atom. The van der Waals surface area contributed by atoms with Gasteiger partial charge in [-0.05, 0) is 31.0 Å². The molecule has 1 fully saturated rings. The minimum atomic E-state index is -0.451. The van der Waals surface area contributed by atoms with Crippen molar-refractivity contribution in [3.8, 4) is 0 Å². The molecule has 2 rings (SSSR count). The van der Waals surface area contributed by atoms with Crippen LogP contribution in [-0.2, 0) is 4.79 Å². The molecule has 1 aliphatic rings. The van der Waals surface area contributed by atoms with Gasteiger partial charge in [-0.1, -0.05) is 19.3 Å². The number of hydrogen-bond acceptors (Lipinski definition) is 3. The first-order valence-electron chi connectivity index (χ1n) is 7.11. The maximum absolute atomic E-state index is 13.5. The molecule has 110 valence electrons. The van der Waals surface area contributed by atoms with Crippen LogP contribution >= 0.6 is 11.8 Å². The highest BCUT2D eigenvalue weighted by atomic mass is 32.2. The van der Waals surface area contributed by atoms with E-state index in [4.69, 9.17) is 5.73 Å². The minimum Gasteiger partial charge on any atom is -0.399 e. The number of amides is 1. The van der Waals surface area contributed by atoms with Crippen LogP contribution in [0.1, 0.15) is 38.5 Å². The Labute approximate surface area is 123 Å². The quantitative estimate of drug-likeness (QED) is 0.813. The fourth-order valence-electron chi connectivity index (χ4n) is 2.40. The van der Waals surface area contributed by atoms with E-state index in [1.54, 1.807) is 0 Å². The van der Waals surface area contributed by atoms with Gasteiger partial charge in [-0.25, -0.2) is 4.39 Å². The molecule has 5 heteroatoms. The summed E-state index contributed by atoms with van der Waals surface area (Å²) in [6.07, 6.45) is 6.88. The Morgan fingerprint density at radius 3 is 2.85 bits per heavy atom. The highest BCUT2D eigenvalue weighted by Gasteiger charge is 2.14. The van der Waals surface area contributed by atoms with Crippen molar-refractivity contribution < 1.29 is 9.18 Å². The second-order valence-electron chi connectivity index (χ2n) is 5.17. The topological polar surface area (TPSA) is 55.1 Å². The highest BCUT2D eigenvalue weighted by molar-refractivity contribution is 7.99. The molecule has 1 amide bonds. The Balaban J connectivity index is 1.73. The van der Waals surface area contributed by atoms with E-state index in [0.29, 0.717) is 17.4 Å². The Kier molecular flexibility index (Phi) is 5.71. The molecule has 0 aliphatic heterocycles. The number of carbonyl (C=O) groups excluding carboxylic acids is 1. The number of nitrogens with two attached hydrogens (primary N) is 1. The van der Waals surface area contributed by atoms with Crippen molar-refractivity contribution in [2.75, 3.05) is 16.8 Å². The molecule has 1 saturated carbocycles. The third kappa shape index (κ3) is 4.71. The smallest absolute Gasteiger partial charge is 0.225 e.